The lowest BCUT2D eigenvalue weighted by atomic mass is 10.0. The highest BCUT2D eigenvalue weighted by atomic mass is 19.4. The Morgan fingerprint density at radius 2 is 2.00 bits per heavy atom. The second kappa shape index (κ2) is 9.72. The summed E-state index contributed by atoms with van der Waals surface area (Å²) in [4.78, 5) is 18.8. The molecule has 0 radical (unpaired) electrons. The average molecular weight is 475 g/mol. The van der Waals surface area contributed by atoms with Crippen LogP contribution in [-0.2, 0) is 11.0 Å². The van der Waals surface area contributed by atoms with E-state index in [-0.39, 0.29) is 24.0 Å². The van der Waals surface area contributed by atoms with E-state index in [0.717, 1.165) is 30.5 Å². The Bertz CT molecular complexity index is 1150. The molecular weight excluding hydrogens is 451 g/mol. The van der Waals surface area contributed by atoms with Crippen LogP contribution in [-0.4, -0.2) is 52.9 Å². The third-order valence-corrected chi connectivity index (χ3v) is 5.77. The van der Waals surface area contributed by atoms with Gasteiger partial charge in [0.15, 0.2) is 0 Å². The predicted molar refractivity (Wildman–Crippen MR) is 118 cm³/mol. The molecule has 1 saturated heterocycles. The van der Waals surface area contributed by atoms with Crippen LogP contribution >= 0.6 is 0 Å². The summed E-state index contributed by atoms with van der Waals surface area (Å²) in [5.41, 5.74) is 0.349. The largest absolute Gasteiger partial charge is 0.497 e. The van der Waals surface area contributed by atoms with Crippen LogP contribution in [0.1, 0.15) is 30.0 Å². The number of carbonyl (C=O) groups excluding carboxylic acids is 1. The summed E-state index contributed by atoms with van der Waals surface area (Å²) in [5.74, 6) is 0.885. The van der Waals surface area contributed by atoms with Crippen molar-refractivity contribution in [2.24, 2.45) is 0 Å². The third-order valence-electron chi connectivity index (χ3n) is 5.77. The lowest BCUT2D eigenvalue weighted by molar-refractivity contribution is -0.137. The number of likely N-dealkylation sites (tertiary alicyclic amines) is 1. The number of benzene rings is 2. The van der Waals surface area contributed by atoms with Crippen LogP contribution in [0.5, 0.6) is 11.5 Å². The van der Waals surface area contributed by atoms with Gasteiger partial charge < -0.3 is 14.8 Å². The van der Waals surface area contributed by atoms with Crippen LogP contribution in [0.25, 0.3) is 5.69 Å². The number of amides is 1. The van der Waals surface area contributed by atoms with Gasteiger partial charge in [-0.25, -0.2) is 9.67 Å². The molecule has 2 heterocycles. The summed E-state index contributed by atoms with van der Waals surface area (Å²) >= 11 is 0. The van der Waals surface area contributed by atoms with Crippen molar-refractivity contribution in [3.05, 3.63) is 60.2 Å². The van der Waals surface area contributed by atoms with Gasteiger partial charge in [0, 0.05) is 17.7 Å². The molecule has 180 valence electrons. The number of hydrogen-bond acceptors (Lipinski definition) is 6. The fraction of sp³-hybridized carbons (Fsp3) is 0.348. The van der Waals surface area contributed by atoms with Crippen molar-refractivity contribution < 1.29 is 27.4 Å². The van der Waals surface area contributed by atoms with Gasteiger partial charge in [-0.15, -0.1) is 0 Å². The maximum absolute atomic E-state index is 13.3. The second-order valence-corrected chi connectivity index (χ2v) is 7.85. The Labute approximate surface area is 194 Å². The van der Waals surface area contributed by atoms with Crippen molar-refractivity contribution in [2.45, 2.75) is 25.1 Å². The highest BCUT2D eigenvalue weighted by Crippen LogP contribution is 2.39. The molecule has 3 aromatic rings. The van der Waals surface area contributed by atoms with Crippen molar-refractivity contribution in [1.29, 1.82) is 0 Å². The molecule has 1 unspecified atom stereocenters. The number of ether oxygens (including phenoxy) is 2. The molecule has 8 nitrogen and oxygen atoms in total. The number of rotatable bonds is 7. The van der Waals surface area contributed by atoms with Crippen molar-refractivity contribution >= 4 is 11.6 Å². The van der Waals surface area contributed by atoms with E-state index in [1.165, 1.54) is 23.4 Å². The van der Waals surface area contributed by atoms with E-state index in [1.807, 2.05) is 17.0 Å². The van der Waals surface area contributed by atoms with E-state index >= 15 is 0 Å². The zero-order valence-electron chi connectivity index (χ0n) is 18.7. The minimum Gasteiger partial charge on any atom is -0.497 e. The summed E-state index contributed by atoms with van der Waals surface area (Å²) in [7, 11) is 3.14. The Balaban J connectivity index is 1.56. The Morgan fingerprint density at radius 1 is 1.18 bits per heavy atom. The third kappa shape index (κ3) is 4.98. The number of aromatic nitrogens is 3. The molecule has 2 aromatic carbocycles. The molecule has 1 aliphatic heterocycles. The van der Waals surface area contributed by atoms with Crippen LogP contribution in [0.4, 0.5) is 18.9 Å². The number of hydrogen-bond donors (Lipinski definition) is 1. The fourth-order valence-electron chi connectivity index (χ4n) is 4.18. The lowest BCUT2D eigenvalue weighted by Crippen LogP contribution is -2.33. The second-order valence-electron chi connectivity index (χ2n) is 7.85. The molecule has 0 saturated carbocycles. The molecule has 1 fully saturated rings. The summed E-state index contributed by atoms with van der Waals surface area (Å²) in [6, 6.07) is 8.58. The topological polar surface area (TPSA) is 81.5 Å². The maximum atomic E-state index is 13.3. The minimum absolute atomic E-state index is 0.00287. The zero-order valence-corrected chi connectivity index (χ0v) is 18.7. The Kier molecular flexibility index (Phi) is 6.73. The van der Waals surface area contributed by atoms with E-state index in [2.05, 4.69) is 15.4 Å². The molecule has 1 N–H and O–H groups in total. The van der Waals surface area contributed by atoms with Crippen molar-refractivity contribution in [3.8, 4) is 17.2 Å². The quantitative estimate of drug-likeness (QED) is 0.555. The molecule has 0 spiro atoms. The first-order chi connectivity index (χ1) is 16.3. The number of alkyl halides is 3. The van der Waals surface area contributed by atoms with Gasteiger partial charge in [-0.2, -0.15) is 18.3 Å². The van der Waals surface area contributed by atoms with Gasteiger partial charge in [0.25, 0.3) is 0 Å². The Morgan fingerprint density at radius 3 is 2.68 bits per heavy atom. The Hall–Kier alpha value is -3.60. The van der Waals surface area contributed by atoms with E-state index in [9.17, 15) is 18.0 Å². The SMILES string of the molecule is COc1ccc(C2CCCN2CC(=O)Nc2cc(C(F)(F)F)ccc2-n2cncn2)c(OC)c1. The number of nitrogens with one attached hydrogen (secondary N) is 1. The number of anilines is 1. The summed E-state index contributed by atoms with van der Waals surface area (Å²) in [6.07, 6.45) is -0.235. The summed E-state index contributed by atoms with van der Waals surface area (Å²) < 4.78 is 52.0. The fourth-order valence-corrected chi connectivity index (χ4v) is 4.18. The van der Waals surface area contributed by atoms with Gasteiger partial charge in [-0.05, 0) is 43.7 Å². The van der Waals surface area contributed by atoms with Gasteiger partial charge in [-0.3, -0.25) is 9.69 Å². The molecular formula is C23H24F3N5O3. The zero-order chi connectivity index (χ0) is 24.3. The highest BCUT2D eigenvalue weighted by molar-refractivity contribution is 5.94. The van der Waals surface area contributed by atoms with E-state index in [0.29, 0.717) is 18.0 Å². The highest BCUT2D eigenvalue weighted by Gasteiger charge is 2.32. The first-order valence-corrected chi connectivity index (χ1v) is 10.6. The van der Waals surface area contributed by atoms with Crippen molar-refractivity contribution in [2.75, 3.05) is 32.6 Å². The van der Waals surface area contributed by atoms with Crippen molar-refractivity contribution in [3.63, 3.8) is 0 Å². The van der Waals surface area contributed by atoms with Gasteiger partial charge >= 0.3 is 6.18 Å². The number of nitrogens with zero attached hydrogens (tertiary/aromatic N) is 4. The molecule has 0 bridgehead atoms. The molecule has 1 aliphatic rings. The standard InChI is InChI=1S/C23H24F3N5O3/c1-33-16-6-7-17(21(11-16)34-2)19-4-3-9-30(19)12-22(32)29-18-10-15(23(24,25)26)5-8-20(18)31-14-27-13-28-31/h5-8,10-11,13-14,19H,3-4,9,12H2,1-2H3,(H,29,32). The molecule has 11 heteroatoms. The normalized spacial score (nSPS) is 16.4. The van der Waals surface area contributed by atoms with Gasteiger partial charge in [0.1, 0.15) is 24.2 Å². The van der Waals surface area contributed by atoms with Gasteiger partial charge in [-0.1, -0.05) is 6.07 Å². The first kappa shape index (κ1) is 23.6. The minimum atomic E-state index is -4.55. The average Bonchev–Trinajstić information content (AvgIpc) is 3.50. The van der Waals surface area contributed by atoms with Crippen molar-refractivity contribution in [1.82, 2.24) is 19.7 Å². The van der Waals surface area contributed by atoms with Gasteiger partial charge in [0.2, 0.25) is 5.91 Å². The molecule has 0 aliphatic carbocycles. The number of halogens is 3. The molecule has 4 rings (SSSR count). The molecule has 34 heavy (non-hydrogen) atoms. The number of methoxy groups -OCH3 is 2. The molecule has 1 amide bonds. The predicted octanol–water partition coefficient (Wildman–Crippen LogP) is 4.08. The number of carbonyl (C=O) groups is 1. The van der Waals surface area contributed by atoms with Crippen LogP contribution in [0, 0.1) is 0 Å². The van der Waals surface area contributed by atoms with Crippen LogP contribution in [0.2, 0.25) is 0 Å². The van der Waals surface area contributed by atoms with Gasteiger partial charge in [0.05, 0.1) is 37.7 Å². The van der Waals surface area contributed by atoms with E-state index in [4.69, 9.17) is 9.47 Å². The van der Waals surface area contributed by atoms with E-state index < -0.39 is 17.6 Å². The maximum Gasteiger partial charge on any atom is 0.416 e. The first-order valence-electron chi connectivity index (χ1n) is 10.6. The van der Waals surface area contributed by atoms with Crippen LogP contribution in [0.15, 0.2) is 49.1 Å². The molecule has 1 atom stereocenters. The van der Waals surface area contributed by atoms with E-state index in [1.54, 1.807) is 20.3 Å². The lowest BCUT2D eigenvalue weighted by Gasteiger charge is -2.26. The van der Waals surface area contributed by atoms with Crippen LogP contribution < -0.4 is 14.8 Å². The smallest absolute Gasteiger partial charge is 0.416 e. The monoisotopic (exact) mass is 475 g/mol. The van der Waals surface area contributed by atoms with Crippen LogP contribution in [0.3, 0.4) is 0 Å². The summed E-state index contributed by atoms with van der Waals surface area (Å²) in [6.45, 7) is 0.679. The molecule has 1 aromatic heterocycles. The summed E-state index contributed by atoms with van der Waals surface area (Å²) in [5, 5.41) is 6.61.